The summed E-state index contributed by atoms with van der Waals surface area (Å²) in [6.07, 6.45) is 0. The van der Waals surface area contributed by atoms with E-state index < -0.39 is 21.8 Å². The lowest BCUT2D eigenvalue weighted by Gasteiger charge is -2.16. The van der Waals surface area contributed by atoms with E-state index in [-0.39, 0.29) is 22.9 Å². The van der Waals surface area contributed by atoms with Crippen LogP contribution in [0.5, 0.6) is 0 Å². The standard InChI is InChI=1S/C18H18N2O4S/c1-12-6-3-4-9-16(12)19-17(21)14-7-5-8-15(10-14)20-18(22)13(2)11-25(20,23)24/h3-10,13H,11H2,1-2H3,(H,19,21)/t13-/m1/s1. The molecular weight excluding hydrogens is 340 g/mol. The van der Waals surface area contributed by atoms with Crippen LogP contribution in [-0.2, 0) is 14.8 Å². The molecule has 1 fully saturated rings. The number of amides is 2. The highest BCUT2D eigenvalue weighted by Crippen LogP contribution is 2.29. The Balaban J connectivity index is 1.91. The molecule has 0 bridgehead atoms. The van der Waals surface area contributed by atoms with Crippen molar-refractivity contribution in [3.8, 4) is 0 Å². The van der Waals surface area contributed by atoms with Crippen LogP contribution in [0.25, 0.3) is 0 Å². The van der Waals surface area contributed by atoms with E-state index >= 15 is 0 Å². The van der Waals surface area contributed by atoms with Crippen LogP contribution in [-0.4, -0.2) is 26.0 Å². The van der Waals surface area contributed by atoms with Crippen LogP contribution in [0.15, 0.2) is 48.5 Å². The topological polar surface area (TPSA) is 83.6 Å². The van der Waals surface area contributed by atoms with Crippen LogP contribution in [0, 0.1) is 12.8 Å². The van der Waals surface area contributed by atoms with Gasteiger partial charge < -0.3 is 5.32 Å². The summed E-state index contributed by atoms with van der Waals surface area (Å²) in [5, 5.41) is 2.79. The molecule has 0 unspecified atom stereocenters. The van der Waals surface area contributed by atoms with E-state index in [1.807, 2.05) is 25.1 Å². The van der Waals surface area contributed by atoms with E-state index in [1.165, 1.54) is 12.1 Å². The number of carbonyl (C=O) groups is 2. The average molecular weight is 358 g/mol. The minimum Gasteiger partial charge on any atom is -0.322 e. The van der Waals surface area contributed by atoms with Gasteiger partial charge in [-0.2, -0.15) is 0 Å². The van der Waals surface area contributed by atoms with Crippen molar-refractivity contribution in [2.45, 2.75) is 13.8 Å². The first-order chi connectivity index (χ1) is 11.8. The van der Waals surface area contributed by atoms with Crippen molar-refractivity contribution in [2.24, 2.45) is 5.92 Å². The van der Waals surface area contributed by atoms with Crippen LogP contribution in [0.3, 0.4) is 0 Å². The first-order valence-corrected chi connectivity index (χ1v) is 9.44. The number of para-hydroxylation sites is 1. The van der Waals surface area contributed by atoms with E-state index in [0.29, 0.717) is 5.69 Å². The first kappa shape index (κ1) is 17.2. The summed E-state index contributed by atoms with van der Waals surface area (Å²) in [6.45, 7) is 3.46. The second-order valence-corrected chi connectivity index (χ2v) is 7.96. The second kappa shape index (κ2) is 6.33. The molecule has 7 heteroatoms. The first-order valence-electron chi connectivity index (χ1n) is 7.83. The van der Waals surface area contributed by atoms with Gasteiger partial charge in [0.2, 0.25) is 15.9 Å². The van der Waals surface area contributed by atoms with E-state index in [9.17, 15) is 18.0 Å². The van der Waals surface area contributed by atoms with Gasteiger partial charge in [-0.1, -0.05) is 31.2 Å². The summed E-state index contributed by atoms with van der Waals surface area (Å²) in [4.78, 5) is 24.7. The number of anilines is 2. The van der Waals surface area contributed by atoms with Gasteiger partial charge in [-0.15, -0.1) is 0 Å². The van der Waals surface area contributed by atoms with Gasteiger partial charge in [0.25, 0.3) is 5.91 Å². The fourth-order valence-corrected chi connectivity index (χ4v) is 4.58. The quantitative estimate of drug-likeness (QED) is 0.914. The van der Waals surface area contributed by atoms with Crippen molar-refractivity contribution in [3.05, 3.63) is 59.7 Å². The molecule has 2 aromatic rings. The number of nitrogens with one attached hydrogen (secondary N) is 1. The van der Waals surface area contributed by atoms with Crippen LogP contribution >= 0.6 is 0 Å². The molecule has 1 N–H and O–H groups in total. The van der Waals surface area contributed by atoms with Crippen molar-refractivity contribution in [2.75, 3.05) is 15.4 Å². The molecule has 1 aliphatic heterocycles. The minimum absolute atomic E-state index is 0.187. The molecule has 0 aliphatic carbocycles. The number of nitrogens with zero attached hydrogens (tertiary/aromatic N) is 1. The number of hydrogen-bond donors (Lipinski definition) is 1. The van der Waals surface area contributed by atoms with E-state index in [0.717, 1.165) is 9.87 Å². The SMILES string of the molecule is Cc1ccccc1NC(=O)c1cccc(N2C(=O)[C@H](C)CS2(=O)=O)c1. The Kier molecular flexibility index (Phi) is 4.34. The highest BCUT2D eigenvalue weighted by atomic mass is 32.2. The molecule has 0 saturated carbocycles. The number of carbonyl (C=O) groups excluding carboxylic acids is 2. The van der Waals surface area contributed by atoms with Crippen LogP contribution in [0.4, 0.5) is 11.4 Å². The van der Waals surface area contributed by atoms with Crippen molar-refractivity contribution in [3.63, 3.8) is 0 Å². The Morgan fingerprint density at radius 3 is 2.52 bits per heavy atom. The maximum Gasteiger partial charge on any atom is 0.255 e. The third kappa shape index (κ3) is 3.28. The fraction of sp³-hybridized carbons (Fsp3) is 0.222. The second-order valence-electron chi connectivity index (χ2n) is 6.10. The third-order valence-corrected chi connectivity index (χ3v) is 5.96. The fourth-order valence-electron chi connectivity index (χ4n) is 2.77. The van der Waals surface area contributed by atoms with Crippen LogP contribution < -0.4 is 9.62 Å². The molecule has 130 valence electrons. The third-order valence-electron chi connectivity index (χ3n) is 4.10. The van der Waals surface area contributed by atoms with Gasteiger partial charge in [0.15, 0.2) is 0 Å². The molecule has 0 radical (unpaired) electrons. The molecule has 6 nitrogen and oxygen atoms in total. The summed E-state index contributed by atoms with van der Waals surface area (Å²) in [5.74, 6) is -1.65. The molecule has 25 heavy (non-hydrogen) atoms. The molecule has 0 aromatic heterocycles. The molecule has 1 aliphatic rings. The highest BCUT2D eigenvalue weighted by molar-refractivity contribution is 7.94. The number of sulfonamides is 1. The monoisotopic (exact) mass is 358 g/mol. The van der Waals surface area contributed by atoms with Crippen LogP contribution in [0.1, 0.15) is 22.8 Å². The maximum atomic E-state index is 12.5. The molecule has 2 aromatic carbocycles. The lowest BCUT2D eigenvalue weighted by molar-refractivity contribution is -0.119. The molecule has 1 saturated heterocycles. The zero-order valence-electron chi connectivity index (χ0n) is 13.9. The predicted octanol–water partition coefficient (Wildman–Crippen LogP) is 2.56. The molecule has 1 atom stereocenters. The molecule has 1 heterocycles. The molecular formula is C18H18N2O4S. The summed E-state index contributed by atoms with van der Waals surface area (Å²) in [7, 11) is -3.69. The summed E-state index contributed by atoms with van der Waals surface area (Å²) < 4.78 is 25.2. The maximum absolute atomic E-state index is 12.5. The van der Waals surface area contributed by atoms with Gasteiger partial charge in [-0.3, -0.25) is 9.59 Å². The smallest absolute Gasteiger partial charge is 0.255 e. The Morgan fingerprint density at radius 1 is 1.16 bits per heavy atom. The van der Waals surface area contributed by atoms with Gasteiger partial charge in [-0.05, 0) is 36.8 Å². The van der Waals surface area contributed by atoms with Gasteiger partial charge in [-0.25, -0.2) is 12.7 Å². The van der Waals surface area contributed by atoms with Gasteiger partial charge in [0.1, 0.15) is 0 Å². The summed E-state index contributed by atoms with van der Waals surface area (Å²) >= 11 is 0. The van der Waals surface area contributed by atoms with Gasteiger partial charge >= 0.3 is 0 Å². The largest absolute Gasteiger partial charge is 0.322 e. The average Bonchev–Trinajstić information content (AvgIpc) is 2.77. The number of benzene rings is 2. The Hall–Kier alpha value is -2.67. The van der Waals surface area contributed by atoms with Crippen molar-refractivity contribution >= 4 is 33.2 Å². The summed E-state index contributed by atoms with van der Waals surface area (Å²) in [5.41, 5.74) is 2.06. The van der Waals surface area contributed by atoms with E-state index in [1.54, 1.807) is 25.1 Å². The predicted molar refractivity (Wildman–Crippen MR) is 96.0 cm³/mol. The van der Waals surface area contributed by atoms with Crippen molar-refractivity contribution in [1.82, 2.24) is 0 Å². The number of hydrogen-bond acceptors (Lipinski definition) is 4. The Bertz CT molecular complexity index is 953. The number of rotatable bonds is 3. The van der Waals surface area contributed by atoms with E-state index in [2.05, 4.69) is 5.32 Å². The Labute approximate surface area is 146 Å². The van der Waals surface area contributed by atoms with Crippen LogP contribution in [0.2, 0.25) is 0 Å². The Morgan fingerprint density at radius 2 is 1.88 bits per heavy atom. The highest BCUT2D eigenvalue weighted by Gasteiger charge is 2.42. The molecule has 0 spiro atoms. The van der Waals surface area contributed by atoms with Gasteiger partial charge in [0.05, 0.1) is 17.4 Å². The normalized spacial score (nSPS) is 19.0. The zero-order valence-corrected chi connectivity index (χ0v) is 14.7. The van der Waals surface area contributed by atoms with Crippen molar-refractivity contribution < 1.29 is 18.0 Å². The number of aryl methyl sites for hydroxylation is 1. The molecule has 2 amide bonds. The summed E-state index contributed by atoms with van der Waals surface area (Å²) in [6, 6.07) is 13.4. The molecule has 3 rings (SSSR count). The van der Waals surface area contributed by atoms with Gasteiger partial charge in [0, 0.05) is 11.3 Å². The minimum atomic E-state index is -3.69. The van der Waals surface area contributed by atoms with E-state index in [4.69, 9.17) is 0 Å². The lowest BCUT2D eigenvalue weighted by atomic mass is 10.1. The lowest BCUT2D eigenvalue weighted by Crippen LogP contribution is -2.30. The van der Waals surface area contributed by atoms with Crippen molar-refractivity contribution in [1.29, 1.82) is 0 Å². The zero-order chi connectivity index (χ0) is 18.2.